The first-order valence-corrected chi connectivity index (χ1v) is 11.2. The number of aromatic nitrogens is 1. The second-order valence-corrected chi connectivity index (χ2v) is 8.45. The number of carbonyl (C=O) groups is 1. The Labute approximate surface area is 194 Å². The second-order valence-electron chi connectivity index (χ2n) is 8.45. The molecule has 0 spiro atoms. The summed E-state index contributed by atoms with van der Waals surface area (Å²) in [6.45, 7) is 6.03. The van der Waals surface area contributed by atoms with E-state index in [1.54, 1.807) is 14.2 Å². The van der Waals surface area contributed by atoms with Gasteiger partial charge in [0.2, 0.25) is 11.8 Å². The lowest BCUT2D eigenvalue weighted by Gasteiger charge is -2.25. The number of nitrogens with zero attached hydrogens (tertiary/aromatic N) is 2. The van der Waals surface area contributed by atoms with Gasteiger partial charge < -0.3 is 19.2 Å². The van der Waals surface area contributed by atoms with Gasteiger partial charge in [0, 0.05) is 37.7 Å². The van der Waals surface area contributed by atoms with Crippen LogP contribution in [0.4, 0.5) is 0 Å². The number of hydrogen-bond donors (Lipinski definition) is 1. The highest BCUT2D eigenvalue weighted by molar-refractivity contribution is 5.78. The molecule has 0 unspecified atom stereocenters. The van der Waals surface area contributed by atoms with E-state index in [9.17, 15) is 4.79 Å². The molecule has 0 bridgehead atoms. The molecule has 0 saturated carbocycles. The zero-order chi connectivity index (χ0) is 23.4. The van der Waals surface area contributed by atoms with E-state index in [1.165, 1.54) is 5.56 Å². The minimum absolute atomic E-state index is 0.126. The first kappa shape index (κ1) is 22.9. The molecule has 3 aromatic rings. The van der Waals surface area contributed by atoms with Crippen molar-refractivity contribution >= 4 is 5.91 Å². The number of methoxy groups -OCH3 is 2. The predicted molar refractivity (Wildman–Crippen MR) is 126 cm³/mol. The number of ether oxygens (including phenoxy) is 2. The van der Waals surface area contributed by atoms with Gasteiger partial charge in [-0.25, -0.2) is 4.98 Å². The number of benzene rings is 2. The van der Waals surface area contributed by atoms with Gasteiger partial charge >= 0.3 is 0 Å². The van der Waals surface area contributed by atoms with Crippen LogP contribution in [0, 0.1) is 13.8 Å². The van der Waals surface area contributed by atoms with Crippen molar-refractivity contribution in [3.8, 4) is 23.0 Å². The molecule has 4 rings (SSSR count). The summed E-state index contributed by atoms with van der Waals surface area (Å²) in [6, 6.07) is 14.3. The minimum atomic E-state index is 0.126. The molecule has 1 fully saturated rings. The van der Waals surface area contributed by atoms with E-state index in [0.717, 1.165) is 47.8 Å². The molecule has 0 radical (unpaired) electrons. The largest absolute Gasteiger partial charge is 0.496 e. The van der Waals surface area contributed by atoms with Gasteiger partial charge in [0.1, 0.15) is 17.3 Å². The molecule has 0 aliphatic carbocycles. The van der Waals surface area contributed by atoms with E-state index in [4.69, 9.17) is 18.9 Å². The molecular formula is C26H31N3O4. The highest BCUT2D eigenvalue weighted by Crippen LogP contribution is 2.38. The van der Waals surface area contributed by atoms with Crippen molar-refractivity contribution in [2.75, 3.05) is 20.8 Å². The van der Waals surface area contributed by atoms with Crippen LogP contribution in [0.5, 0.6) is 11.5 Å². The predicted octanol–water partition coefficient (Wildman–Crippen LogP) is 4.26. The number of aryl methyl sites for hydroxylation is 1. The molecule has 2 aromatic carbocycles. The molecule has 1 N–H and O–H groups in total. The van der Waals surface area contributed by atoms with E-state index in [-0.39, 0.29) is 11.9 Å². The van der Waals surface area contributed by atoms with E-state index in [0.29, 0.717) is 24.6 Å². The average molecular weight is 450 g/mol. The van der Waals surface area contributed by atoms with Crippen LogP contribution >= 0.6 is 0 Å². The molecule has 7 nitrogen and oxygen atoms in total. The maximum absolute atomic E-state index is 11.7. The van der Waals surface area contributed by atoms with Crippen molar-refractivity contribution in [3.05, 3.63) is 65.0 Å². The van der Waals surface area contributed by atoms with Gasteiger partial charge in [-0.1, -0.05) is 30.3 Å². The summed E-state index contributed by atoms with van der Waals surface area (Å²) in [5.41, 5.74) is 3.79. The van der Waals surface area contributed by atoms with Crippen LogP contribution < -0.4 is 14.8 Å². The molecule has 1 saturated heterocycles. The fraction of sp³-hybridized carbons (Fsp3) is 0.385. The maximum Gasteiger partial charge on any atom is 0.230 e. The number of carbonyl (C=O) groups excluding carboxylic acids is 1. The summed E-state index contributed by atoms with van der Waals surface area (Å²) in [7, 11) is 3.28. The van der Waals surface area contributed by atoms with Crippen LogP contribution in [0.3, 0.4) is 0 Å². The highest BCUT2D eigenvalue weighted by atomic mass is 16.5. The SMILES string of the molecule is COc1ccc(-c2nc(CN(Cc3ccccc3)C[C@@H]3CCC(=O)N3)c(C)o2)c(OC)c1C. The number of rotatable bonds is 9. The van der Waals surface area contributed by atoms with Gasteiger partial charge in [-0.3, -0.25) is 9.69 Å². The smallest absolute Gasteiger partial charge is 0.230 e. The molecular weight excluding hydrogens is 418 g/mol. The molecule has 33 heavy (non-hydrogen) atoms. The number of nitrogens with one attached hydrogen (secondary N) is 1. The van der Waals surface area contributed by atoms with Gasteiger partial charge in [-0.05, 0) is 38.0 Å². The van der Waals surface area contributed by atoms with E-state index in [2.05, 4.69) is 22.3 Å². The van der Waals surface area contributed by atoms with Crippen LogP contribution in [0.25, 0.3) is 11.5 Å². The van der Waals surface area contributed by atoms with E-state index >= 15 is 0 Å². The number of hydrogen-bond acceptors (Lipinski definition) is 6. The molecule has 1 aliphatic rings. The standard InChI is InChI=1S/C26H31N3O4/c1-17-23(31-3)12-11-21(25(17)32-4)26-28-22(18(2)33-26)16-29(14-19-8-6-5-7-9-19)15-20-10-13-24(30)27-20/h5-9,11-12,20H,10,13-16H2,1-4H3,(H,27,30)/t20-/m0/s1. The van der Waals surface area contributed by atoms with Gasteiger partial charge in [0.05, 0.1) is 25.5 Å². The summed E-state index contributed by atoms with van der Waals surface area (Å²) < 4.78 is 17.2. The molecule has 174 valence electrons. The van der Waals surface area contributed by atoms with E-state index < -0.39 is 0 Å². The van der Waals surface area contributed by atoms with Crippen molar-refractivity contribution < 1.29 is 18.7 Å². The Bertz CT molecular complexity index is 1110. The van der Waals surface area contributed by atoms with Crippen molar-refractivity contribution in [1.29, 1.82) is 0 Å². The Balaban J connectivity index is 1.59. The normalized spacial score (nSPS) is 15.7. The second kappa shape index (κ2) is 10.1. The van der Waals surface area contributed by atoms with Crippen LogP contribution in [0.15, 0.2) is 46.9 Å². The van der Waals surface area contributed by atoms with Crippen LogP contribution in [0.2, 0.25) is 0 Å². The van der Waals surface area contributed by atoms with Crippen molar-refractivity contribution in [2.24, 2.45) is 0 Å². The Morgan fingerprint density at radius 1 is 1.09 bits per heavy atom. The quantitative estimate of drug-likeness (QED) is 0.526. The topological polar surface area (TPSA) is 76.8 Å². The Morgan fingerprint density at radius 2 is 1.88 bits per heavy atom. The molecule has 1 aliphatic heterocycles. The molecule has 1 amide bonds. The lowest BCUT2D eigenvalue weighted by molar-refractivity contribution is -0.119. The maximum atomic E-state index is 11.7. The monoisotopic (exact) mass is 449 g/mol. The Hall–Kier alpha value is -3.32. The van der Waals surface area contributed by atoms with Crippen molar-refractivity contribution in [1.82, 2.24) is 15.2 Å². The average Bonchev–Trinajstić information content (AvgIpc) is 3.39. The van der Waals surface area contributed by atoms with Gasteiger partial charge in [0.25, 0.3) is 0 Å². The van der Waals surface area contributed by atoms with E-state index in [1.807, 2.05) is 44.2 Å². The summed E-state index contributed by atoms with van der Waals surface area (Å²) in [4.78, 5) is 18.9. The summed E-state index contributed by atoms with van der Waals surface area (Å²) in [6.07, 6.45) is 1.45. The van der Waals surface area contributed by atoms with Gasteiger partial charge in [-0.15, -0.1) is 0 Å². The first-order valence-electron chi connectivity index (χ1n) is 11.2. The van der Waals surface area contributed by atoms with Crippen LogP contribution in [0.1, 0.15) is 35.4 Å². The van der Waals surface area contributed by atoms with Crippen molar-refractivity contribution in [2.45, 2.75) is 45.8 Å². The summed E-state index contributed by atoms with van der Waals surface area (Å²) >= 11 is 0. The zero-order valence-corrected chi connectivity index (χ0v) is 19.7. The van der Waals surface area contributed by atoms with Gasteiger partial charge in [0.15, 0.2) is 0 Å². The first-order chi connectivity index (χ1) is 16.0. The third-order valence-electron chi connectivity index (χ3n) is 6.09. The third kappa shape index (κ3) is 5.20. The minimum Gasteiger partial charge on any atom is -0.496 e. The number of oxazole rings is 1. The Morgan fingerprint density at radius 3 is 2.55 bits per heavy atom. The van der Waals surface area contributed by atoms with Gasteiger partial charge in [-0.2, -0.15) is 0 Å². The van der Waals surface area contributed by atoms with Crippen LogP contribution in [-0.2, 0) is 17.9 Å². The van der Waals surface area contributed by atoms with Crippen LogP contribution in [-0.4, -0.2) is 42.6 Å². The lowest BCUT2D eigenvalue weighted by Crippen LogP contribution is -2.38. The van der Waals surface area contributed by atoms with Crippen molar-refractivity contribution in [3.63, 3.8) is 0 Å². The zero-order valence-electron chi connectivity index (χ0n) is 19.7. The molecule has 1 aromatic heterocycles. The Kier molecular flexibility index (Phi) is 6.99. The summed E-state index contributed by atoms with van der Waals surface area (Å²) in [5, 5.41) is 3.08. The highest BCUT2D eigenvalue weighted by Gasteiger charge is 2.25. The number of amides is 1. The molecule has 7 heteroatoms. The molecule has 1 atom stereocenters. The molecule has 2 heterocycles. The fourth-order valence-corrected chi connectivity index (χ4v) is 4.38. The summed E-state index contributed by atoms with van der Waals surface area (Å²) in [5.74, 6) is 2.87. The third-order valence-corrected chi connectivity index (χ3v) is 6.09. The fourth-order valence-electron chi connectivity index (χ4n) is 4.38. The lowest BCUT2D eigenvalue weighted by atomic mass is 10.1.